The fourth-order valence-corrected chi connectivity index (χ4v) is 2.65. The summed E-state index contributed by atoms with van der Waals surface area (Å²) in [5.41, 5.74) is 2.04. The Balaban J connectivity index is 1.44. The van der Waals surface area contributed by atoms with Crippen LogP contribution in [0.25, 0.3) is 11.0 Å². The Morgan fingerprint density at radius 2 is 1.48 bits per heavy atom. The first-order valence-electron chi connectivity index (χ1n) is 8.58. The Hall–Kier alpha value is -4.07. The number of fused-ring (bicyclic) bond motifs is 1. The van der Waals surface area contributed by atoms with Crippen LogP contribution in [0.5, 0.6) is 11.5 Å². The lowest BCUT2D eigenvalue weighted by Gasteiger charge is -2.10. The van der Waals surface area contributed by atoms with Crippen molar-refractivity contribution in [3.8, 4) is 11.5 Å². The molecule has 0 aliphatic carbocycles. The Kier molecular flexibility index (Phi) is 4.98. The maximum Gasteiger partial charge on any atom is 0.323 e. The van der Waals surface area contributed by atoms with Gasteiger partial charge in [-0.15, -0.1) is 0 Å². The predicted octanol–water partition coefficient (Wildman–Crippen LogP) is 5.34. The molecular formula is C21H14F2N4O2. The summed E-state index contributed by atoms with van der Waals surface area (Å²) in [7, 11) is 0. The van der Waals surface area contributed by atoms with Gasteiger partial charge in [-0.3, -0.25) is 9.97 Å². The van der Waals surface area contributed by atoms with Crippen molar-refractivity contribution in [3.05, 3.63) is 84.7 Å². The lowest BCUT2D eigenvalue weighted by molar-refractivity contribution is 0.262. The van der Waals surface area contributed by atoms with E-state index in [9.17, 15) is 13.6 Å². The summed E-state index contributed by atoms with van der Waals surface area (Å²) in [6, 6.07) is 14.6. The number of carbonyl (C=O) groups excluding carboxylic acids is 1. The molecule has 29 heavy (non-hydrogen) atoms. The van der Waals surface area contributed by atoms with Crippen LogP contribution in [0.4, 0.5) is 25.0 Å². The van der Waals surface area contributed by atoms with Crippen molar-refractivity contribution < 1.29 is 18.3 Å². The number of hydrogen-bond donors (Lipinski definition) is 2. The summed E-state index contributed by atoms with van der Waals surface area (Å²) in [6.07, 6.45) is 3.21. The second kappa shape index (κ2) is 7.89. The Morgan fingerprint density at radius 1 is 0.759 bits per heavy atom. The number of nitrogens with one attached hydrogen (secondary N) is 2. The van der Waals surface area contributed by atoms with Crippen LogP contribution in [0, 0.1) is 11.6 Å². The first kappa shape index (κ1) is 18.3. The van der Waals surface area contributed by atoms with Crippen molar-refractivity contribution in [2.24, 2.45) is 0 Å². The third-order valence-electron chi connectivity index (χ3n) is 3.95. The van der Waals surface area contributed by atoms with E-state index in [0.717, 1.165) is 17.6 Å². The Labute approximate surface area is 164 Å². The number of benzene rings is 3. The second-order valence-corrected chi connectivity index (χ2v) is 6.04. The van der Waals surface area contributed by atoms with Gasteiger partial charge >= 0.3 is 6.03 Å². The van der Waals surface area contributed by atoms with E-state index >= 15 is 0 Å². The van der Waals surface area contributed by atoms with Gasteiger partial charge in [-0.05, 0) is 36.4 Å². The topological polar surface area (TPSA) is 76.1 Å². The smallest absolute Gasteiger partial charge is 0.323 e. The number of hydrogen-bond acceptors (Lipinski definition) is 4. The molecule has 0 atom stereocenters. The van der Waals surface area contributed by atoms with Gasteiger partial charge in [0, 0.05) is 42.0 Å². The van der Waals surface area contributed by atoms with Crippen LogP contribution >= 0.6 is 0 Å². The maximum absolute atomic E-state index is 13.2. The van der Waals surface area contributed by atoms with E-state index in [1.807, 2.05) is 0 Å². The number of halogens is 2. The van der Waals surface area contributed by atoms with E-state index < -0.39 is 17.7 Å². The quantitative estimate of drug-likeness (QED) is 0.491. The fraction of sp³-hybridized carbons (Fsp3) is 0. The molecule has 2 amide bonds. The molecule has 0 aliphatic heterocycles. The standard InChI is InChI=1S/C21H14F2N4O2/c22-17-6-4-14(11-18(17)23)27-21(28)26-13-2-1-3-15(10-13)29-16-5-7-19-20(12-16)25-9-8-24-19/h1-12H,(H2,26,27,28). The summed E-state index contributed by atoms with van der Waals surface area (Å²) < 4.78 is 32.0. The van der Waals surface area contributed by atoms with E-state index in [0.29, 0.717) is 22.7 Å². The highest BCUT2D eigenvalue weighted by atomic mass is 19.2. The van der Waals surface area contributed by atoms with E-state index in [-0.39, 0.29) is 5.69 Å². The van der Waals surface area contributed by atoms with Gasteiger partial charge in [0.15, 0.2) is 11.6 Å². The average molecular weight is 392 g/mol. The number of rotatable bonds is 4. The Morgan fingerprint density at radius 3 is 2.28 bits per heavy atom. The number of nitrogens with zero attached hydrogens (tertiary/aromatic N) is 2. The third kappa shape index (κ3) is 4.44. The molecule has 6 nitrogen and oxygen atoms in total. The summed E-state index contributed by atoms with van der Waals surface area (Å²) in [5, 5.41) is 5.05. The minimum atomic E-state index is -1.04. The summed E-state index contributed by atoms with van der Waals surface area (Å²) in [4.78, 5) is 20.5. The van der Waals surface area contributed by atoms with Crippen LogP contribution in [0.15, 0.2) is 73.1 Å². The van der Waals surface area contributed by atoms with Gasteiger partial charge in [0.05, 0.1) is 11.0 Å². The maximum atomic E-state index is 13.2. The lowest BCUT2D eigenvalue weighted by Crippen LogP contribution is -2.19. The highest BCUT2D eigenvalue weighted by Crippen LogP contribution is 2.26. The number of carbonyl (C=O) groups is 1. The highest BCUT2D eigenvalue weighted by molar-refractivity contribution is 5.99. The normalized spacial score (nSPS) is 10.6. The molecule has 0 fully saturated rings. The number of ether oxygens (including phenoxy) is 1. The van der Waals surface area contributed by atoms with Crippen LogP contribution in [0.3, 0.4) is 0 Å². The minimum Gasteiger partial charge on any atom is -0.457 e. The first-order chi connectivity index (χ1) is 14.1. The highest BCUT2D eigenvalue weighted by Gasteiger charge is 2.08. The van der Waals surface area contributed by atoms with Crippen molar-refractivity contribution in [2.75, 3.05) is 10.6 Å². The average Bonchev–Trinajstić information content (AvgIpc) is 2.71. The molecule has 4 aromatic rings. The zero-order valence-corrected chi connectivity index (χ0v) is 14.9. The molecule has 0 saturated carbocycles. The predicted molar refractivity (Wildman–Crippen MR) is 105 cm³/mol. The molecule has 1 aromatic heterocycles. The second-order valence-electron chi connectivity index (χ2n) is 6.04. The molecule has 3 aromatic carbocycles. The molecule has 2 N–H and O–H groups in total. The van der Waals surface area contributed by atoms with Crippen molar-refractivity contribution in [3.63, 3.8) is 0 Å². The Bertz CT molecular complexity index is 1200. The fourth-order valence-electron chi connectivity index (χ4n) is 2.65. The van der Waals surface area contributed by atoms with Crippen LogP contribution < -0.4 is 15.4 Å². The van der Waals surface area contributed by atoms with Crippen LogP contribution in [-0.2, 0) is 0 Å². The first-order valence-corrected chi connectivity index (χ1v) is 8.58. The van der Waals surface area contributed by atoms with E-state index in [1.54, 1.807) is 54.9 Å². The van der Waals surface area contributed by atoms with Gasteiger partial charge in [0.1, 0.15) is 11.5 Å². The molecule has 1 heterocycles. The van der Waals surface area contributed by atoms with E-state index in [2.05, 4.69) is 20.6 Å². The van der Waals surface area contributed by atoms with Gasteiger partial charge in [-0.2, -0.15) is 0 Å². The summed E-state index contributed by atoms with van der Waals surface area (Å²) in [6.45, 7) is 0. The molecule has 0 bridgehead atoms. The van der Waals surface area contributed by atoms with Gasteiger partial charge in [-0.25, -0.2) is 13.6 Å². The van der Waals surface area contributed by atoms with Crippen molar-refractivity contribution in [1.82, 2.24) is 9.97 Å². The molecule has 0 aliphatic rings. The van der Waals surface area contributed by atoms with Gasteiger partial charge in [-0.1, -0.05) is 6.07 Å². The number of urea groups is 1. The van der Waals surface area contributed by atoms with Crippen LogP contribution in [0.2, 0.25) is 0 Å². The monoisotopic (exact) mass is 392 g/mol. The molecule has 0 saturated heterocycles. The molecular weight excluding hydrogens is 378 g/mol. The molecule has 144 valence electrons. The molecule has 8 heteroatoms. The SMILES string of the molecule is O=C(Nc1cccc(Oc2ccc3nccnc3c2)c1)Nc1ccc(F)c(F)c1. The van der Waals surface area contributed by atoms with Gasteiger partial charge in [0.2, 0.25) is 0 Å². The minimum absolute atomic E-state index is 0.131. The zero-order chi connectivity index (χ0) is 20.2. The molecule has 4 rings (SSSR count). The van der Waals surface area contributed by atoms with Crippen LogP contribution in [0.1, 0.15) is 0 Å². The van der Waals surface area contributed by atoms with Gasteiger partial charge < -0.3 is 15.4 Å². The summed E-state index contributed by atoms with van der Waals surface area (Å²) in [5.74, 6) is -0.959. The zero-order valence-electron chi connectivity index (χ0n) is 14.9. The number of aromatic nitrogens is 2. The van der Waals surface area contributed by atoms with Gasteiger partial charge in [0.25, 0.3) is 0 Å². The largest absolute Gasteiger partial charge is 0.457 e. The number of amides is 2. The molecule has 0 unspecified atom stereocenters. The van der Waals surface area contributed by atoms with E-state index in [1.165, 1.54) is 6.07 Å². The lowest BCUT2D eigenvalue weighted by atomic mass is 10.2. The molecule has 0 spiro atoms. The van der Waals surface area contributed by atoms with Crippen LogP contribution in [-0.4, -0.2) is 16.0 Å². The summed E-state index contributed by atoms with van der Waals surface area (Å²) >= 11 is 0. The van der Waals surface area contributed by atoms with E-state index in [4.69, 9.17) is 4.74 Å². The molecule has 0 radical (unpaired) electrons. The van der Waals surface area contributed by atoms with Crippen molar-refractivity contribution in [2.45, 2.75) is 0 Å². The van der Waals surface area contributed by atoms with Crippen molar-refractivity contribution >= 4 is 28.4 Å². The third-order valence-corrected chi connectivity index (χ3v) is 3.95. The number of anilines is 2. The van der Waals surface area contributed by atoms with Crippen molar-refractivity contribution in [1.29, 1.82) is 0 Å².